The molecule has 0 saturated carbocycles. The van der Waals surface area contributed by atoms with Crippen LogP contribution in [-0.4, -0.2) is 19.7 Å². The smallest absolute Gasteiger partial charge is 0.226 e. The van der Waals surface area contributed by atoms with Crippen molar-refractivity contribution in [2.45, 2.75) is 20.3 Å². The predicted octanol–water partition coefficient (Wildman–Crippen LogP) is 1.46. The quantitative estimate of drug-likeness (QED) is 0.868. The van der Waals surface area contributed by atoms with Gasteiger partial charge in [-0.2, -0.15) is 10.1 Å². The molecule has 0 amide bonds. The highest BCUT2D eigenvalue weighted by atomic mass is 16.5. The van der Waals surface area contributed by atoms with Gasteiger partial charge in [-0.15, -0.1) is 0 Å². The van der Waals surface area contributed by atoms with E-state index in [1.54, 1.807) is 10.7 Å². The highest BCUT2D eigenvalue weighted by Gasteiger charge is 2.07. The zero-order valence-electron chi connectivity index (χ0n) is 10.1. The summed E-state index contributed by atoms with van der Waals surface area (Å²) in [6.45, 7) is 3.87. The van der Waals surface area contributed by atoms with E-state index in [2.05, 4.69) is 15.1 Å². The second-order valence-corrected chi connectivity index (χ2v) is 3.75. The molecule has 0 bridgehead atoms. The van der Waals surface area contributed by atoms with Crippen molar-refractivity contribution in [2.75, 3.05) is 5.73 Å². The van der Waals surface area contributed by atoms with E-state index in [-0.39, 0.29) is 0 Å². The molecular weight excluding hydrogens is 218 g/mol. The first kappa shape index (κ1) is 11.4. The molecule has 2 N–H and O–H groups in total. The van der Waals surface area contributed by atoms with E-state index < -0.39 is 0 Å². The molecule has 0 spiro atoms. The number of nitrogens with zero attached hydrogens (tertiary/aromatic N) is 4. The Morgan fingerprint density at radius 3 is 2.71 bits per heavy atom. The summed E-state index contributed by atoms with van der Waals surface area (Å²) in [6, 6.07) is 3.44. The summed E-state index contributed by atoms with van der Waals surface area (Å²) < 4.78 is 7.27. The summed E-state index contributed by atoms with van der Waals surface area (Å²) in [6.07, 6.45) is 0.714. The molecule has 0 aliphatic heterocycles. The Morgan fingerprint density at radius 2 is 2.12 bits per heavy atom. The molecule has 6 nitrogen and oxygen atoms in total. The van der Waals surface area contributed by atoms with Crippen LogP contribution in [0.25, 0.3) is 0 Å². The minimum absolute atomic E-state index is 0.408. The minimum atomic E-state index is 0.408. The average Bonchev–Trinajstić information content (AvgIpc) is 2.56. The normalized spacial score (nSPS) is 10.5. The molecule has 0 atom stereocenters. The Labute approximate surface area is 99.4 Å². The summed E-state index contributed by atoms with van der Waals surface area (Å²) in [7, 11) is 1.81. The average molecular weight is 233 g/mol. The van der Waals surface area contributed by atoms with Gasteiger partial charge in [-0.1, -0.05) is 6.92 Å². The van der Waals surface area contributed by atoms with Gasteiger partial charge in [0.25, 0.3) is 0 Å². The van der Waals surface area contributed by atoms with Gasteiger partial charge in [-0.25, -0.2) is 9.67 Å². The largest absolute Gasteiger partial charge is 0.421 e. The molecule has 2 rings (SSSR count). The molecule has 0 radical (unpaired) electrons. The highest BCUT2D eigenvalue weighted by Crippen LogP contribution is 2.21. The number of ether oxygens (including phenoxy) is 1. The highest BCUT2D eigenvalue weighted by molar-refractivity contribution is 5.34. The van der Waals surface area contributed by atoms with E-state index in [1.165, 1.54) is 0 Å². The van der Waals surface area contributed by atoms with Crippen LogP contribution in [0.15, 0.2) is 12.1 Å². The van der Waals surface area contributed by atoms with Crippen molar-refractivity contribution in [3.05, 3.63) is 23.7 Å². The van der Waals surface area contributed by atoms with E-state index in [0.717, 1.165) is 5.69 Å². The molecule has 90 valence electrons. The summed E-state index contributed by atoms with van der Waals surface area (Å²) in [5.41, 5.74) is 6.57. The van der Waals surface area contributed by atoms with Gasteiger partial charge in [0.2, 0.25) is 11.8 Å². The first-order valence-corrected chi connectivity index (χ1v) is 5.40. The molecule has 0 aromatic carbocycles. The third-order valence-corrected chi connectivity index (χ3v) is 2.25. The fourth-order valence-electron chi connectivity index (χ4n) is 1.49. The van der Waals surface area contributed by atoms with Crippen molar-refractivity contribution in [3.8, 4) is 11.8 Å². The van der Waals surface area contributed by atoms with Crippen molar-refractivity contribution in [2.24, 2.45) is 7.05 Å². The molecule has 17 heavy (non-hydrogen) atoms. The Bertz CT molecular complexity index is 535. The monoisotopic (exact) mass is 233 g/mol. The van der Waals surface area contributed by atoms with Gasteiger partial charge in [-0.05, 0) is 6.92 Å². The van der Waals surface area contributed by atoms with Crippen LogP contribution in [0.5, 0.6) is 11.8 Å². The fraction of sp³-hybridized carbons (Fsp3) is 0.364. The van der Waals surface area contributed by atoms with Gasteiger partial charge < -0.3 is 10.5 Å². The summed E-state index contributed by atoms with van der Waals surface area (Å²) >= 11 is 0. The molecule has 2 aromatic heterocycles. The van der Waals surface area contributed by atoms with Crippen LogP contribution in [0, 0.1) is 6.92 Å². The molecule has 2 aromatic rings. The van der Waals surface area contributed by atoms with Crippen LogP contribution in [-0.2, 0) is 13.5 Å². The van der Waals surface area contributed by atoms with Crippen molar-refractivity contribution in [1.29, 1.82) is 0 Å². The molecule has 0 saturated heterocycles. The van der Waals surface area contributed by atoms with Crippen LogP contribution >= 0.6 is 0 Å². The Hall–Kier alpha value is -2.11. The first-order chi connectivity index (χ1) is 8.08. The van der Waals surface area contributed by atoms with E-state index in [1.807, 2.05) is 27.0 Å². The van der Waals surface area contributed by atoms with Gasteiger partial charge in [0.05, 0.1) is 5.69 Å². The molecule has 0 fully saturated rings. The molecular formula is C11H15N5O. The molecule has 0 unspecified atom stereocenters. The number of rotatable bonds is 3. The molecule has 0 aliphatic rings. The van der Waals surface area contributed by atoms with Crippen molar-refractivity contribution in [3.63, 3.8) is 0 Å². The molecule has 6 heteroatoms. The second kappa shape index (κ2) is 4.40. The number of nitrogens with two attached hydrogens (primary N) is 1. The van der Waals surface area contributed by atoms with Crippen molar-refractivity contribution < 1.29 is 4.74 Å². The van der Waals surface area contributed by atoms with Crippen LogP contribution in [0.2, 0.25) is 0 Å². The number of aromatic nitrogens is 4. The fourth-order valence-corrected chi connectivity index (χ4v) is 1.49. The van der Waals surface area contributed by atoms with Gasteiger partial charge in [0.15, 0.2) is 0 Å². The maximum absolute atomic E-state index is 5.68. The first-order valence-electron chi connectivity index (χ1n) is 5.40. The Kier molecular flexibility index (Phi) is 2.95. The van der Waals surface area contributed by atoms with Gasteiger partial charge >= 0.3 is 0 Å². The van der Waals surface area contributed by atoms with Crippen molar-refractivity contribution >= 4 is 5.82 Å². The SMILES string of the molecule is CCc1nc(N)cc(Oc2cc(C)nn2C)n1. The maximum Gasteiger partial charge on any atom is 0.226 e. The lowest BCUT2D eigenvalue weighted by atomic mass is 10.4. The Morgan fingerprint density at radius 1 is 1.35 bits per heavy atom. The van der Waals surface area contributed by atoms with E-state index in [9.17, 15) is 0 Å². The molecule has 2 heterocycles. The zero-order chi connectivity index (χ0) is 12.4. The van der Waals surface area contributed by atoms with Crippen LogP contribution < -0.4 is 10.5 Å². The van der Waals surface area contributed by atoms with Gasteiger partial charge in [0.1, 0.15) is 11.6 Å². The lowest BCUT2D eigenvalue weighted by Gasteiger charge is -2.06. The third kappa shape index (κ3) is 2.52. The zero-order valence-corrected chi connectivity index (χ0v) is 10.1. The lowest BCUT2D eigenvalue weighted by molar-refractivity contribution is 0.413. The van der Waals surface area contributed by atoms with Crippen LogP contribution in [0.3, 0.4) is 0 Å². The van der Waals surface area contributed by atoms with E-state index in [0.29, 0.717) is 29.8 Å². The lowest BCUT2D eigenvalue weighted by Crippen LogP contribution is -2.02. The summed E-state index contributed by atoms with van der Waals surface area (Å²) in [4.78, 5) is 8.33. The van der Waals surface area contributed by atoms with Crippen LogP contribution in [0.1, 0.15) is 18.4 Å². The summed E-state index contributed by atoms with van der Waals surface area (Å²) in [5.74, 6) is 2.14. The second-order valence-electron chi connectivity index (χ2n) is 3.75. The van der Waals surface area contributed by atoms with E-state index >= 15 is 0 Å². The number of hydrogen-bond donors (Lipinski definition) is 1. The van der Waals surface area contributed by atoms with Crippen molar-refractivity contribution in [1.82, 2.24) is 19.7 Å². The molecule has 0 aliphatic carbocycles. The standard InChI is InChI=1S/C11H15N5O/c1-4-9-13-8(12)6-10(14-9)17-11-5-7(2)15-16(11)3/h5-6H,4H2,1-3H3,(H2,12,13,14). The minimum Gasteiger partial charge on any atom is -0.421 e. The number of hydrogen-bond acceptors (Lipinski definition) is 5. The number of nitrogen functional groups attached to an aromatic ring is 1. The van der Waals surface area contributed by atoms with Gasteiger partial charge in [0, 0.05) is 25.6 Å². The Balaban J connectivity index is 2.29. The number of anilines is 1. The predicted molar refractivity (Wildman–Crippen MR) is 63.8 cm³/mol. The van der Waals surface area contributed by atoms with Crippen LogP contribution in [0.4, 0.5) is 5.82 Å². The number of aryl methyl sites for hydroxylation is 3. The topological polar surface area (TPSA) is 78.9 Å². The van der Waals surface area contributed by atoms with E-state index in [4.69, 9.17) is 10.5 Å². The van der Waals surface area contributed by atoms with Gasteiger partial charge in [-0.3, -0.25) is 0 Å². The third-order valence-electron chi connectivity index (χ3n) is 2.25. The maximum atomic E-state index is 5.68. The summed E-state index contributed by atoms with van der Waals surface area (Å²) in [5, 5.41) is 4.19.